The molecule has 3 aromatic heterocycles. The Bertz CT molecular complexity index is 1340. The Balaban J connectivity index is 0.00000259. The summed E-state index contributed by atoms with van der Waals surface area (Å²) >= 11 is 1.59. The van der Waals surface area contributed by atoms with E-state index >= 15 is 0 Å². The Labute approximate surface area is 199 Å². The molecule has 0 bridgehead atoms. The monoisotopic (exact) mass is 488 g/mol. The van der Waals surface area contributed by atoms with E-state index in [2.05, 4.69) is 15.2 Å². The van der Waals surface area contributed by atoms with Gasteiger partial charge >= 0.3 is 5.69 Å². The highest BCUT2D eigenvalue weighted by Gasteiger charge is 2.29. The lowest BCUT2D eigenvalue weighted by Crippen LogP contribution is -2.26. The number of rotatable bonds is 8. The number of aromatic nitrogens is 5. The fourth-order valence-corrected chi connectivity index (χ4v) is 4.37. The first-order chi connectivity index (χ1) is 15.6. The molecule has 172 valence electrons. The van der Waals surface area contributed by atoms with Crippen molar-refractivity contribution in [3.8, 4) is 21.8 Å². The predicted molar refractivity (Wildman–Crippen MR) is 126 cm³/mol. The molecule has 0 radical (unpaired) electrons. The summed E-state index contributed by atoms with van der Waals surface area (Å²) in [6.07, 6.45) is 4.11. The van der Waals surface area contributed by atoms with Crippen LogP contribution in [0.4, 0.5) is 4.39 Å². The smallest absolute Gasteiger partial charge is 0.339 e. The van der Waals surface area contributed by atoms with Crippen molar-refractivity contribution in [1.82, 2.24) is 24.5 Å². The second kappa shape index (κ2) is 9.82. The first-order valence-corrected chi connectivity index (χ1v) is 11.1. The van der Waals surface area contributed by atoms with Crippen LogP contribution in [0.25, 0.3) is 21.8 Å². The molecule has 1 aliphatic rings. The van der Waals surface area contributed by atoms with E-state index in [1.807, 2.05) is 36.4 Å². The summed E-state index contributed by atoms with van der Waals surface area (Å²) in [6.45, 7) is 0.463. The molecular weight excluding hydrogens is 467 g/mol. The number of benzene rings is 1. The van der Waals surface area contributed by atoms with Gasteiger partial charge in [0.1, 0.15) is 6.33 Å². The highest BCUT2D eigenvalue weighted by molar-refractivity contribution is 7.15. The zero-order chi connectivity index (χ0) is 22.1. The molecule has 0 amide bonds. The van der Waals surface area contributed by atoms with Gasteiger partial charge in [-0.2, -0.15) is 10.1 Å². The molecular formula is C22H22ClFN6O2S. The quantitative estimate of drug-likeness (QED) is 0.402. The number of nitrogens with two attached hydrogens (primary N) is 1. The van der Waals surface area contributed by atoms with Crippen LogP contribution >= 0.6 is 23.7 Å². The summed E-state index contributed by atoms with van der Waals surface area (Å²) in [7, 11) is 0. The van der Waals surface area contributed by atoms with Crippen molar-refractivity contribution in [2.45, 2.75) is 31.8 Å². The number of hydrogen-bond donors (Lipinski definition) is 1. The van der Waals surface area contributed by atoms with E-state index in [1.165, 1.54) is 15.6 Å². The number of halogens is 2. The lowest BCUT2D eigenvalue weighted by Gasteiger charge is -2.02. The topological polar surface area (TPSA) is 105 Å². The van der Waals surface area contributed by atoms with Crippen molar-refractivity contribution in [2.75, 3.05) is 6.54 Å². The minimum absolute atomic E-state index is 0. The van der Waals surface area contributed by atoms with Crippen LogP contribution < -0.4 is 11.4 Å². The van der Waals surface area contributed by atoms with Gasteiger partial charge in [-0.05, 0) is 42.2 Å². The van der Waals surface area contributed by atoms with Crippen LogP contribution in [0, 0.1) is 0 Å². The molecule has 1 aromatic carbocycles. The molecule has 1 aliphatic carbocycles. The molecule has 0 spiro atoms. The molecule has 11 heteroatoms. The average Bonchev–Trinajstić information content (AvgIpc) is 3.21. The molecule has 0 atom stereocenters. The van der Waals surface area contributed by atoms with Crippen LogP contribution in [0.15, 0.2) is 63.9 Å². The van der Waals surface area contributed by atoms with Crippen molar-refractivity contribution < 1.29 is 8.91 Å². The van der Waals surface area contributed by atoms with Crippen molar-refractivity contribution in [3.05, 3.63) is 75.9 Å². The van der Waals surface area contributed by atoms with Gasteiger partial charge in [0, 0.05) is 27.8 Å². The van der Waals surface area contributed by atoms with E-state index in [1.54, 1.807) is 11.3 Å². The molecule has 0 aliphatic heterocycles. The van der Waals surface area contributed by atoms with Gasteiger partial charge in [0.25, 0.3) is 0 Å². The SMILES string of the molecule is Cl.NC/C(=C\F)Cn1ncn(Cc2ccc(-c3cccc(-c4noc(C5CC5)n4)c3)s2)c1=O. The highest BCUT2D eigenvalue weighted by atomic mass is 35.5. The maximum absolute atomic E-state index is 12.8. The van der Waals surface area contributed by atoms with E-state index < -0.39 is 0 Å². The molecule has 4 aromatic rings. The highest BCUT2D eigenvalue weighted by Crippen LogP contribution is 2.39. The van der Waals surface area contributed by atoms with Gasteiger partial charge in [0.15, 0.2) is 0 Å². The minimum Gasteiger partial charge on any atom is -0.339 e. The van der Waals surface area contributed by atoms with Crippen LogP contribution in [-0.4, -0.2) is 31.0 Å². The van der Waals surface area contributed by atoms with Crippen LogP contribution in [-0.2, 0) is 13.1 Å². The normalized spacial score (nSPS) is 13.8. The van der Waals surface area contributed by atoms with Crippen molar-refractivity contribution in [2.24, 2.45) is 5.73 Å². The summed E-state index contributed by atoms with van der Waals surface area (Å²) in [5, 5.41) is 8.19. The van der Waals surface area contributed by atoms with Crippen LogP contribution in [0.1, 0.15) is 29.5 Å². The molecule has 1 saturated carbocycles. The largest absolute Gasteiger partial charge is 0.346 e. The first kappa shape index (κ1) is 23.1. The second-order valence-electron chi connectivity index (χ2n) is 7.75. The Hall–Kier alpha value is -3.08. The first-order valence-electron chi connectivity index (χ1n) is 10.3. The number of nitrogens with zero attached hydrogens (tertiary/aromatic N) is 5. The van der Waals surface area contributed by atoms with Crippen molar-refractivity contribution in [3.63, 3.8) is 0 Å². The average molecular weight is 489 g/mol. The molecule has 33 heavy (non-hydrogen) atoms. The van der Waals surface area contributed by atoms with Gasteiger partial charge in [-0.15, -0.1) is 23.7 Å². The maximum Gasteiger partial charge on any atom is 0.346 e. The van der Waals surface area contributed by atoms with E-state index in [-0.39, 0.29) is 31.2 Å². The third-order valence-electron chi connectivity index (χ3n) is 5.33. The fourth-order valence-electron chi connectivity index (χ4n) is 3.37. The van der Waals surface area contributed by atoms with Gasteiger partial charge in [-0.25, -0.2) is 13.9 Å². The number of hydrogen-bond acceptors (Lipinski definition) is 7. The predicted octanol–water partition coefficient (Wildman–Crippen LogP) is 3.98. The van der Waals surface area contributed by atoms with Crippen LogP contribution in [0.2, 0.25) is 0 Å². The fraction of sp³-hybridized carbons (Fsp3) is 0.273. The van der Waals surface area contributed by atoms with Gasteiger partial charge in [-0.3, -0.25) is 4.57 Å². The zero-order valence-corrected chi connectivity index (χ0v) is 19.2. The number of thiophene rings is 1. The summed E-state index contributed by atoms with van der Waals surface area (Å²) in [5.41, 5.74) is 7.41. The minimum atomic E-state index is -0.307. The van der Waals surface area contributed by atoms with Crippen LogP contribution in [0.3, 0.4) is 0 Å². The lowest BCUT2D eigenvalue weighted by atomic mass is 10.1. The molecule has 3 heterocycles. The van der Waals surface area contributed by atoms with Gasteiger partial charge < -0.3 is 10.3 Å². The maximum atomic E-state index is 12.8. The zero-order valence-electron chi connectivity index (χ0n) is 17.6. The summed E-state index contributed by atoms with van der Waals surface area (Å²) < 4.78 is 20.8. The Morgan fingerprint density at radius 3 is 2.85 bits per heavy atom. The molecule has 0 saturated heterocycles. The van der Waals surface area contributed by atoms with Crippen molar-refractivity contribution >= 4 is 23.7 Å². The third kappa shape index (κ3) is 4.97. The van der Waals surface area contributed by atoms with E-state index in [0.717, 1.165) is 39.6 Å². The Kier molecular flexibility index (Phi) is 6.87. The molecule has 8 nitrogen and oxygen atoms in total. The van der Waals surface area contributed by atoms with Crippen molar-refractivity contribution in [1.29, 1.82) is 0 Å². The second-order valence-corrected chi connectivity index (χ2v) is 8.92. The Morgan fingerprint density at radius 2 is 2.09 bits per heavy atom. The lowest BCUT2D eigenvalue weighted by molar-refractivity contribution is 0.380. The summed E-state index contributed by atoms with van der Waals surface area (Å²) in [5.74, 6) is 1.74. The molecule has 0 unspecified atom stereocenters. The standard InChI is InChI=1S/C22H21FN6O2S.ClH/c23-9-14(10-24)11-29-22(30)28(13-25-29)12-18-6-7-19(32-18)16-2-1-3-17(8-16)20-26-21(31-27-20)15-4-5-15;/h1-3,6-9,13,15H,4-5,10-12,24H2;1H/b14-9+;. The van der Waals surface area contributed by atoms with Gasteiger partial charge in [0.2, 0.25) is 11.7 Å². The summed E-state index contributed by atoms with van der Waals surface area (Å²) in [6, 6.07) is 12.0. The van der Waals surface area contributed by atoms with Gasteiger partial charge in [0.05, 0.1) is 19.4 Å². The Morgan fingerprint density at radius 1 is 1.27 bits per heavy atom. The molecule has 1 fully saturated rings. The van der Waals surface area contributed by atoms with Crippen LogP contribution in [0.5, 0.6) is 0 Å². The van der Waals surface area contributed by atoms with E-state index in [9.17, 15) is 9.18 Å². The molecule has 2 N–H and O–H groups in total. The van der Waals surface area contributed by atoms with E-state index in [0.29, 0.717) is 30.2 Å². The van der Waals surface area contributed by atoms with E-state index in [4.69, 9.17) is 10.3 Å². The third-order valence-corrected chi connectivity index (χ3v) is 6.45. The van der Waals surface area contributed by atoms with Gasteiger partial charge in [-0.1, -0.05) is 23.4 Å². The molecule has 5 rings (SSSR count). The summed E-state index contributed by atoms with van der Waals surface area (Å²) in [4.78, 5) is 19.1.